The summed E-state index contributed by atoms with van der Waals surface area (Å²) in [5, 5.41) is -0.785. The van der Waals surface area contributed by atoms with Crippen molar-refractivity contribution in [2.45, 2.75) is 22.7 Å². The molecular weight excluding hydrogens is 272 g/mol. The number of hydrogen-bond donors (Lipinski definition) is 0. The van der Waals surface area contributed by atoms with Gasteiger partial charge in [0.15, 0.2) is 9.84 Å². The molecule has 2 fully saturated rings. The van der Waals surface area contributed by atoms with Crippen molar-refractivity contribution in [2.75, 3.05) is 0 Å². The number of hydrogen-bond acceptors (Lipinski definition) is 3. The van der Waals surface area contributed by atoms with Gasteiger partial charge >= 0.3 is 0 Å². The highest BCUT2D eigenvalue weighted by atomic mass is 32.2. The number of benzene rings is 1. The van der Waals surface area contributed by atoms with E-state index < -0.39 is 20.3 Å². The van der Waals surface area contributed by atoms with Crippen molar-refractivity contribution < 1.29 is 13.2 Å². The summed E-state index contributed by atoms with van der Waals surface area (Å²) < 4.78 is 31.6. The second-order valence-corrected chi connectivity index (χ2v) is 8.32. The van der Waals surface area contributed by atoms with Gasteiger partial charge in [-0.05, 0) is 11.1 Å². The second-order valence-electron chi connectivity index (χ2n) is 6.05. The molecule has 20 heavy (non-hydrogen) atoms. The van der Waals surface area contributed by atoms with Crippen LogP contribution in [0.15, 0.2) is 48.6 Å². The zero-order chi connectivity index (χ0) is 13.5. The number of ether oxygens (including phenoxy) is 1. The first-order valence-corrected chi connectivity index (χ1v) is 8.62. The molecule has 102 valence electrons. The molecule has 4 heterocycles. The normalized spacial score (nSPS) is 45.2. The van der Waals surface area contributed by atoms with Crippen LogP contribution >= 0.6 is 0 Å². The largest absolute Gasteiger partial charge is 0.365 e. The van der Waals surface area contributed by atoms with Gasteiger partial charge in [-0.25, -0.2) is 8.42 Å². The predicted octanol–water partition coefficient (Wildman–Crippen LogP) is 2.34. The Morgan fingerprint density at radius 3 is 1.85 bits per heavy atom. The average molecular weight is 286 g/mol. The Bertz CT molecular complexity index is 705. The number of allylic oxidation sites excluding steroid dienone is 2. The summed E-state index contributed by atoms with van der Waals surface area (Å²) in [6.07, 6.45) is 7.34. The van der Waals surface area contributed by atoms with Crippen LogP contribution in [-0.4, -0.2) is 18.9 Å². The van der Waals surface area contributed by atoms with Gasteiger partial charge in [-0.3, -0.25) is 0 Å². The van der Waals surface area contributed by atoms with Crippen LogP contribution in [0.2, 0.25) is 0 Å². The standard InChI is InChI=1S/C16H14O3S/c17-20(18)11-7-3-4-8-12(20)14-13(11)15-9-5-1-2-6-10(9)16(14)19-15/h1-8,11-16H/t11-,12-,13+,14+,15-,16-/m0/s1. The molecule has 0 unspecified atom stereocenters. The highest BCUT2D eigenvalue weighted by molar-refractivity contribution is 7.93. The van der Waals surface area contributed by atoms with Crippen molar-refractivity contribution in [3.05, 3.63) is 59.7 Å². The molecule has 0 aliphatic carbocycles. The lowest BCUT2D eigenvalue weighted by Crippen LogP contribution is -2.26. The summed E-state index contributed by atoms with van der Waals surface area (Å²) in [6.45, 7) is 0. The summed E-state index contributed by atoms with van der Waals surface area (Å²) in [7, 11) is -3.12. The summed E-state index contributed by atoms with van der Waals surface area (Å²) >= 11 is 0. The Morgan fingerprint density at radius 1 is 0.850 bits per heavy atom. The van der Waals surface area contributed by atoms with Gasteiger partial charge in [0, 0.05) is 11.8 Å². The Balaban J connectivity index is 1.75. The topological polar surface area (TPSA) is 43.4 Å². The van der Waals surface area contributed by atoms with Crippen molar-refractivity contribution in [1.29, 1.82) is 0 Å². The van der Waals surface area contributed by atoms with Crippen LogP contribution in [-0.2, 0) is 14.6 Å². The maximum Gasteiger partial charge on any atom is 0.163 e. The van der Waals surface area contributed by atoms with Gasteiger partial charge in [0.25, 0.3) is 0 Å². The lowest BCUT2D eigenvalue weighted by molar-refractivity contribution is 0.0533. The Labute approximate surface area is 117 Å². The lowest BCUT2D eigenvalue weighted by Gasteiger charge is -2.26. The molecule has 0 aromatic heterocycles. The summed E-state index contributed by atoms with van der Waals surface area (Å²) in [6, 6.07) is 8.18. The van der Waals surface area contributed by atoms with Crippen LogP contribution in [0.3, 0.4) is 0 Å². The minimum Gasteiger partial charge on any atom is -0.365 e. The predicted molar refractivity (Wildman–Crippen MR) is 74.8 cm³/mol. The Hall–Kier alpha value is -1.39. The minimum absolute atomic E-state index is 0.0536. The molecule has 0 N–H and O–H groups in total. The molecule has 3 nitrogen and oxygen atoms in total. The maximum absolute atomic E-state index is 12.7. The number of rotatable bonds is 0. The van der Waals surface area contributed by atoms with Gasteiger partial charge in [-0.15, -0.1) is 0 Å². The lowest BCUT2D eigenvalue weighted by atomic mass is 9.72. The minimum atomic E-state index is -3.12. The fourth-order valence-corrected chi connectivity index (χ4v) is 7.07. The smallest absolute Gasteiger partial charge is 0.163 e. The van der Waals surface area contributed by atoms with Crippen molar-refractivity contribution in [2.24, 2.45) is 11.8 Å². The van der Waals surface area contributed by atoms with Crippen LogP contribution in [0.4, 0.5) is 0 Å². The Morgan fingerprint density at radius 2 is 1.35 bits per heavy atom. The third-order valence-corrected chi connectivity index (χ3v) is 7.74. The molecular formula is C16H14O3S. The molecule has 0 spiro atoms. The van der Waals surface area contributed by atoms with Crippen molar-refractivity contribution in [1.82, 2.24) is 0 Å². The third kappa shape index (κ3) is 1.10. The number of sulfone groups is 1. The molecule has 1 aromatic carbocycles. The average Bonchev–Trinajstić information content (AvgIpc) is 2.97. The van der Waals surface area contributed by atoms with Crippen molar-refractivity contribution in [3.8, 4) is 0 Å². The first kappa shape index (κ1) is 11.3. The van der Waals surface area contributed by atoms with Gasteiger partial charge in [-0.2, -0.15) is 0 Å². The fourth-order valence-electron chi connectivity index (χ4n) is 4.56. The zero-order valence-corrected chi connectivity index (χ0v) is 11.5. The molecule has 4 heteroatoms. The molecule has 0 saturated carbocycles. The molecule has 0 radical (unpaired) electrons. The van der Waals surface area contributed by atoms with Crippen LogP contribution in [0, 0.1) is 11.8 Å². The molecule has 4 aliphatic heterocycles. The van der Waals surface area contributed by atoms with E-state index in [4.69, 9.17) is 4.74 Å². The van der Waals surface area contributed by atoms with E-state index in [1.807, 2.05) is 36.4 Å². The zero-order valence-electron chi connectivity index (χ0n) is 10.7. The van der Waals surface area contributed by atoms with Crippen LogP contribution in [0.25, 0.3) is 0 Å². The van der Waals surface area contributed by atoms with Gasteiger partial charge in [0.1, 0.15) is 0 Å². The maximum atomic E-state index is 12.7. The first-order valence-electron chi connectivity index (χ1n) is 7.01. The van der Waals surface area contributed by atoms with E-state index in [0.29, 0.717) is 0 Å². The molecule has 1 aromatic rings. The second kappa shape index (κ2) is 3.43. The van der Waals surface area contributed by atoms with E-state index in [1.54, 1.807) is 0 Å². The van der Waals surface area contributed by atoms with E-state index in [0.717, 1.165) is 0 Å². The Kier molecular flexibility index (Phi) is 1.94. The quantitative estimate of drug-likeness (QED) is 0.735. The molecule has 4 bridgehead atoms. The SMILES string of the molecule is O=S1(=O)[C@H]2C=CC=C[C@H]1[C@@H]1[C@@H]2[C@H]2O[C@H]1c1ccccc12. The first-order chi connectivity index (χ1) is 9.69. The van der Waals surface area contributed by atoms with Crippen molar-refractivity contribution in [3.63, 3.8) is 0 Å². The van der Waals surface area contributed by atoms with Crippen molar-refractivity contribution >= 4 is 9.84 Å². The van der Waals surface area contributed by atoms with Gasteiger partial charge in [0.05, 0.1) is 22.7 Å². The van der Waals surface area contributed by atoms with Crippen LogP contribution in [0.5, 0.6) is 0 Å². The summed E-state index contributed by atoms with van der Waals surface area (Å²) in [4.78, 5) is 0. The number of fused-ring (bicyclic) bond motifs is 12. The van der Waals surface area contributed by atoms with Crippen LogP contribution < -0.4 is 0 Å². The van der Waals surface area contributed by atoms with Gasteiger partial charge < -0.3 is 4.74 Å². The fraction of sp³-hybridized carbons (Fsp3) is 0.375. The molecule has 6 atom stereocenters. The van der Waals surface area contributed by atoms with E-state index in [9.17, 15) is 8.42 Å². The van der Waals surface area contributed by atoms with E-state index in [1.165, 1.54) is 11.1 Å². The molecule has 2 saturated heterocycles. The van der Waals surface area contributed by atoms with E-state index in [-0.39, 0.29) is 24.0 Å². The highest BCUT2D eigenvalue weighted by Gasteiger charge is 2.66. The molecule has 0 amide bonds. The summed E-state index contributed by atoms with van der Waals surface area (Å²) in [5.74, 6) is 0.150. The van der Waals surface area contributed by atoms with E-state index >= 15 is 0 Å². The van der Waals surface area contributed by atoms with Gasteiger partial charge in [0.2, 0.25) is 0 Å². The highest BCUT2D eigenvalue weighted by Crippen LogP contribution is 2.64. The molecule has 4 aliphatic rings. The van der Waals surface area contributed by atoms with Crippen LogP contribution in [0.1, 0.15) is 23.3 Å². The monoisotopic (exact) mass is 286 g/mol. The third-order valence-electron chi connectivity index (χ3n) is 5.28. The van der Waals surface area contributed by atoms with Gasteiger partial charge in [-0.1, -0.05) is 48.6 Å². The molecule has 5 rings (SSSR count). The summed E-state index contributed by atoms with van der Waals surface area (Å²) in [5.41, 5.74) is 2.38. The van der Waals surface area contributed by atoms with E-state index in [2.05, 4.69) is 12.1 Å².